The van der Waals surface area contributed by atoms with Crippen molar-refractivity contribution in [3.8, 4) is 17.2 Å². The zero-order chi connectivity index (χ0) is 13.5. The summed E-state index contributed by atoms with van der Waals surface area (Å²) in [6.07, 6.45) is 8.54. The lowest BCUT2D eigenvalue weighted by Gasteiger charge is -2.03. The molecule has 0 aliphatic rings. The van der Waals surface area contributed by atoms with E-state index in [0.717, 1.165) is 30.4 Å². The van der Waals surface area contributed by atoms with Gasteiger partial charge in [-0.3, -0.25) is 0 Å². The van der Waals surface area contributed by atoms with Gasteiger partial charge in [0.2, 0.25) is 5.82 Å². The normalized spacial score (nSPS) is 9.84. The summed E-state index contributed by atoms with van der Waals surface area (Å²) in [6.45, 7) is 3.72. The van der Waals surface area contributed by atoms with Crippen molar-refractivity contribution in [2.24, 2.45) is 0 Å². The van der Waals surface area contributed by atoms with E-state index >= 15 is 0 Å². The van der Waals surface area contributed by atoms with Gasteiger partial charge in [-0.05, 0) is 30.4 Å². The average molecular weight is 249 g/mol. The molecule has 1 heterocycles. The van der Waals surface area contributed by atoms with Crippen LogP contribution in [0.4, 0.5) is 0 Å². The van der Waals surface area contributed by atoms with Gasteiger partial charge in [0, 0.05) is 18.0 Å². The number of aryl methyl sites for hydroxylation is 1. The van der Waals surface area contributed by atoms with Gasteiger partial charge in [-0.25, -0.2) is 9.97 Å². The van der Waals surface area contributed by atoms with Gasteiger partial charge in [-0.15, -0.1) is 6.58 Å². The highest BCUT2D eigenvalue weighted by molar-refractivity contribution is 5.61. The molecule has 0 unspecified atom stereocenters. The third-order valence-electron chi connectivity index (χ3n) is 2.91. The fourth-order valence-corrected chi connectivity index (χ4v) is 1.85. The Kier molecular flexibility index (Phi) is 4.41. The van der Waals surface area contributed by atoms with E-state index in [1.807, 2.05) is 12.1 Å². The van der Waals surface area contributed by atoms with Gasteiger partial charge in [-0.2, -0.15) is 5.26 Å². The molecule has 0 atom stereocenters. The number of nitriles is 1. The van der Waals surface area contributed by atoms with Crippen LogP contribution in [-0.4, -0.2) is 9.97 Å². The minimum absolute atomic E-state index is 0.199. The Hall–Kier alpha value is -2.47. The van der Waals surface area contributed by atoms with Crippen molar-refractivity contribution in [1.29, 1.82) is 5.26 Å². The number of hydrogen-bond acceptors (Lipinski definition) is 3. The molecule has 0 spiro atoms. The van der Waals surface area contributed by atoms with E-state index in [4.69, 9.17) is 5.26 Å². The molecule has 3 nitrogen and oxygen atoms in total. The van der Waals surface area contributed by atoms with E-state index in [9.17, 15) is 0 Å². The molecule has 19 heavy (non-hydrogen) atoms. The first-order chi connectivity index (χ1) is 9.33. The van der Waals surface area contributed by atoms with Crippen molar-refractivity contribution in [2.45, 2.75) is 19.3 Å². The van der Waals surface area contributed by atoms with Crippen LogP contribution in [0.5, 0.6) is 0 Å². The maximum atomic E-state index is 8.66. The van der Waals surface area contributed by atoms with Crippen molar-refractivity contribution in [2.75, 3.05) is 0 Å². The van der Waals surface area contributed by atoms with Crippen LogP contribution in [0.2, 0.25) is 0 Å². The molecular formula is C16H15N3. The summed E-state index contributed by atoms with van der Waals surface area (Å²) >= 11 is 0. The maximum Gasteiger partial charge on any atom is 0.232 e. The predicted molar refractivity (Wildman–Crippen MR) is 75.3 cm³/mol. The number of aromatic nitrogens is 2. The molecule has 0 bridgehead atoms. The van der Waals surface area contributed by atoms with Crippen LogP contribution < -0.4 is 0 Å². The fraction of sp³-hybridized carbons (Fsp3) is 0.188. The van der Waals surface area contributed by atoms with Crippen LogP contribution >= 0.6 is 0 Å². The van der Waals surface area contributed by atoms with E-state index < -0.39 is 0 Å². The van der Waals surface area contributed by atoms with E-state index in [-0.39, 0.29) is 5.82 Å². The Morgan fingerprint density at radius 2 is 1.79 bits per heavy atom. The highest BCUT2D eigenvalue weighted by atomic mass is 14.9. The van der Waals surface area contributed by atoms with Gasteiger partial charge in [-0.1, -0.05) is 30.3 Å². The molecular weight excluding hydrogens is 234 g/mol. The van der Waals surface area contributed by atoms with E-state index in [2.05, 4.69) is 40.8 Å². The summed E-state index contributed by atoms with van der Waals surface area (Å²) in [6, 6.07) is 10.3. The van der Waals surface area contributed by atoms with Crippen LogP contribution in [0.1, 0.15) is 24.2 Å². The van der Waals surface area contributed by atoms with Crippen molar-refractivity contribution >= 4 is 0 Å². The first-order valence-electron chi connectivity index (χ1n) is 6.26. The molecule has 2 rings (SSSR count). The zero-order valence-electron chi connectivity index (χ0n) is 10.7. The van der Waals surface area contributed by atoms with Crippen LogP contribution in [0.3, 0.4) is 0 Å². The Balaban J connectivity index is 2.08. The molecule has 0 radical (unpaired) electrons. The Morgan fingerprint density at radius 1 is 1.11 bits per heavy atom. The first kappa shape index (κ1) is 13.0. The molecule has 0 N–H and O–H groups in total. The summed E-state index contributed by atoms with van der Waals surface area (Å²) in [5.74, 6) is 0.199. The minimum Gasteiger partial charge on any atom is -0.227 e. The molecule has 0 fully saturated rings. The highest BCUT2D eigenvalue weighted by Crippen LogP contribution is 2.18. The zero-order valence-corrected chi connectivity index (χ0v) is 10.7. The van der Waals surface area contributed by atoms with Gasteiger partial charge in [0.1, 0.15) is 6.07 Å². The number of nitrogens with zero attached hydrogens (tertiary/aromatic N) is 3. The van der Waals surface area contributed by atoms with E-state index in [1.165, 1.54) is 5.56 Å². The fourth-order valence-electron chi connectivity index (χ4n) is 1.85. The SMILES string of the molecule is C=CCCCc1ccc(-c2cnc(C#N)nc2)cc1. The summed E-state index contributed by atoms with van der Waals surface area (Å²) in [5, 5.41) is 8.66. The second-order valence-electron chi connectivity index (χ2n) is 4.28. The molecule has 94 valence electrons. The third-order valence-corrected chi connectivity index (χ3v) is 2.91. The predicted octanol–water partition coefficient (Wildman–Crippen LogP) is 3.52. The third kappa shape index (κ3) is 3.49. The highest BCUT2D eigenvalue weighted by Gasteiger charge is 2.00. The minimum atomic E-state index is 0.199. The van der Waals surface area contributed by atoms with Crippen molar-refractivity contribution in [1.82, 2.24) is 9.97 Å². The summed E-state index contributed by atoms with van der Waals surface area (Å²) in [7, 11) is 0. The molecule has 1 aromatic carbocycles. The molecule has 0 amide bonds. The largest absolute Gasteiger partial charge is 0.232 e. The van der Waals surface area contributed by atoms with Gasteiger partial charge >= 0.3 is 0 Å². The Labute approximate surface area is 113 Å². The topological polar surface area (TPSA) is 49.6 Å². The number of hydrogen-bond donors (Lipinski definition) is 0. The number of allylic oxidation sites excluding steroid dienone is 1. The van der Waals surface area contributed by atoms with Crippen LogP contribution in [0.15, 0.2) is 49.3 Å². The number of rotatable bonds is 5. The van der Waals surface area contributed by atoms with Crippen molar-refractivity contribution in [3.63, 3.8) is 0 Å². The Morgan fingerprint density at radius 3 is 2.37 bits per heavy atom. The van der Waals surface area contributed by atoms with E-state index in [0.29, 0.717) is 0 Å². The molecule has 0 saturated heterocycles. The molecule has 3 heteroatoms. The molecule has 0 aliphatic heterocycles. The average Bonchev–Trinajstić information content (AvgIpc) is 2.48. The quantitative estimate of drug-likeness (QED) is 0.601. The number of benzene rings is 1. The maximum absolute atomic E-state index is 8.66. The molecule has 1 aromatic heterocycles. The molecule has 2 aromatic rings. The summed E-state index contributed by atoms with van der Waals surface area (Å²) in [4.78, 5) is 7.95. The van der Waals surface area contributed by atoms with Gasteiger partial charge in [0.05, 0.1) is 0 Å². The summed E-state index contributed by atoms with van der Waals surface area (Å²) < 4.78 is 0. The monoisotopic (exact) mass is 249 g/mol. The Bertz CT molecular complexity index is 577. The van der Waals surface area contributed by atoms with Crippen LogP contribution in [0, 0.1) is 11.3 Å². The smallest absolute Gasteiger partial charge is 0.227 e. The van der Waals surface area contributed by atoms with Crippen LogP contribution in [-0.2, 0) is 6.42 Å². The standard InChI is InChI=1S/C16H15N3/c1-2-3-4-5-13-6-8-14(9-7-13)15-11-18-16(10-17)19-12-15/h2,6-9,11-12H,1,3-5H2. The molecule has 0 aliphatic carbocycles. The van der Waals surface area contributed by atoms with Gasteiger partial charge < -0.3 is 0 Å². The molecule has 0 saturated carbocycles. The van der Waals surface area contributed by atoms with Gasteiger partial charge in [0.25, 0.3) is 0 Å². The summed E-state index contributed by atoms with van der Waals surface area (Å²) in [5.41, 5.74) is 3.31. The second-order valence-corrected chi connectivity index (χ2v) is 4.28. The van der Waals surface area contributed by atoms with Crippen molar-refractivity contribution in [3.05, 3.63) is 60.7 Å². The lowest BCUT2D eigenvalue weighted by Crippen LogP contribution is -1.89. The second kappa shape index (κ2) is 6.46. The first-order valence-corrected chi connectivity index (χ1v) is 6.26. The lowest BCUT2D eigenvalue weighted by molar-refractivity contribution is 0.844. The van der Waals surface area contributed by atoms with E-state index in [1.54, 1.807) is 12.4 Å². The van der Waals surface area contributed by atoms with Crippen molar-refractivity contribution < 1.29 is 0 Å². The van der Waals surface area contributed by atoms with Crippen LogP contribution in [0.25, 0.3) is 11.1 Å². The lowest BCUT2D eigenvalue weighted by atomic mass is 10.0. The van der Waals surface area contributed by atoms with Gasteiger partial charge in [0.15, 0.2) is 0 Å². The number of unbranched alkanes of at least 4 members (excludes halogenated alkanes) is 1.